The third-order valence-corrected chi connectivity index (χ3v) is 1.42. The molecule has 0 aromatic carbocycles. The van der Waals surface area contributed by atoms with Gasteiger partial charge >= 0.3 is 0 Å². The molecular weight excluding hydrogens is 164 g/mol. The lowest BCUT2D eigenvalue weighted by molar-refractivity contribution is 0.219. The van der Waals surface area contributed by atoms with Gasteiger partial charge in [-0.1, -0.05) is 38.5 Å². The number of hydrogen-bond acceptors (Lipinski definition) is 2. The zero-order valence-electron chi connectivity index (χ0n) is 8.74. The first-order valence-electron chi connectivity index (χ1n) is 4.79. The van der Waals surface area contributed by atoms with Crippen LogP contribution in [0.5, 0.6) is 0 Å². The molecule has 0 saturated heterocycles. The quantitative estimate of drug-likeness (QED) is 0.647. The van der Waals surface area contributed by atoms with Crippen molar-refractivity contribution in [3.8, 4) is 0 Å². The van der Waals surface area contributed by atoms with Gasteiger partial charge in [-0.15, -0.1) is 6.58 Å². The molecule has 13 heavy (non-hydrogen) atoms. The summed E-state index contributed by atoms with van der Waals surface area (Å²) in [5.74, 6) is 0. The first-order chi connectivity index (χ1) is 6.22. The average Bonchev–Trinajstić information content (AvgIpc) is 2.18. The zero-order valence-corrected chi connectivity index (χ0v) is 8.74. The molecule has 1 unspecified atom stereocenters. The van der Waals surface area contributed by atoms with E-state index >= 15 is 0 Å². The van der Waals surface area contributed by atoms with Gasteiger partial charge in [0.15, 0.2) is 0 Å². The van der Waals surface area contributed by atoms with Crippen LogP contribution in [0.2, 0.25) is 0 Å². The fraction of sp³-hybridized carbons (Fsp3) is 0.636. The van der Waals surface area contributed by atoms with Crippen LogP contribution < -0.4 is 0 Å². The van der Waals surface area contributed by atoms with Crippen molar-refractivity contribution in [2.75, 3.05) is 6.61 Å². The van der Waals surface area contributed by atoms with Crippen LogP contribution in [0.25, 0.3) is 0 Å². The third kappa shape index (κ3) is 18.4. The summed E-state index contributed by atoms with van der Waals surface area (Å²) in [6.07, 6.45) is 7.99. The maximum absolute atomic E-state index is 8.55. The SMILES string of the molecule is C=CC(O)CC.CCCC=CCO. The summed E-state index contributed by atoms with van der Waals surface area (Å²) in [5.41, 5.74) is 0. The van der Waals surface area contributed by atoms with E-state index < -0.39 is 0 Å². The van der Waals surface area contributed by atoms with Crippen LogP contribution in [0.15, 0.2) is 24.8 Å². The van der Waals surface area contributed by atoms with E-state index in [4.69, 9.17) is 10.2 Å². The fourth-order valence-electron chi connectivity index (χ4n) is 0.526. The summed E-state index contributed by atoms with van der Waals surface area (Å²) in [7, 11) is 0. The molecular formula is C11H22O2. The number of unbranched alkanes of at least 4 members (excludes halogenated alkanes) is 1. The molecule has 0 rings (SSSR count). The van der Waals surface area contributed by atoms with E-state index in [1.165, 1.54) is 6.08 Å². The molecule has 0 radical (unpaired) electrons. The van der Waals surface area contributed by atoms with Crippen molar-refractivity contribution in [1.82, 2.24) is 0 Å². The highest BCUT2D eigenvalue weighted by Gasteiger charge is 1.86. The van der Waals surface area contributed by atoms with E-state index in [0.29, 0.717) is 0 Å². The maximum atomic E-state index is 8.55. The van der Waals surface area contributed by atoms with E-state index in [1.54, 1.807) is 6.08 Å². The van der Waals surface area contributed by atoms with Gasteiger partial charge in [-0.25, -0.2) is 0 Å². The standard InChI is InChI=1S/C6H12O.C5H10O/c1-2-3-4-5-6-7;1-3-5(6)4-2/h4-5,7H,2-3,6H2,1H3;3,5-6H,1,4H2,2H3. The first-order valence-corrected chi connectivity index (χ1v) is 4.79. The van der Waals surface area contributed by atoms with Gasteiger partial charge in [0.25, 0.3) is 0 Å². The molecule has 0 aromatic rings. The Kier molecular flexibility index (Phi) is 16.0. The molecule has 0 spiro atoms. The second-order valence-electron chi connectivity index (χ2n) is 2.65. The molecule has 0 saturated carbocycles. The summed E-state index contributed by atoms with van der Waals surface area (Å²) >= 11 is 0. The largest absolute Gasteiger partial charge is 0.392 e. The predicted octanol–water partition coefficient (Wildman–Crippen LogP) is 2.28. The van der Waals surface area contributed by atoms with Crippen molar-refractivity contribution in [2.24, 2.45) is 0 Å². The monoisotopic (exact) mass is 186 g/mol. The predicted molar refractivity (Wildman–Crippen MR) is 57.6 cm³/mol. The molecule has 0 fully saturated rings. The van der Waals surface area contributed by atoms with Gasteiger partial charge in [0.1, 0.15) is 0 Å². The molecule has 2 nitrogen and oxygen atoms in total. The van der Waals surface area contributed by atoms with Crippen molar-refractivity contribution in [2.45, 2.75) is 39.2 Å². The summed E-state index contributed by atoms with van der Waals surface area (Å²) in [4.78, 5) is 0. The molecule has 0 amide bonds. The van der Waals surface area contributed by atoms with E-state index in [0.717, 1.165) is 19.3 Å². The van der Waals surface area contributed by atoms with E-state index in [2.05, 4.69) is 13.5 Å². The smallest absolute Gasteiger partial charge is 0.0715 e. The van der Waals surface area contributed by atoms with Gasteiger partial charge in [0.2, 0.25) is 0 Å². The molecule has 0 aliphatic rings. The van der Waals surface area contributed by atoms with Crippen LogP contribution in [0.1, 0.15) is 33.1 Å². The van der Waals surface area contributed by atoms with Crippen LogP contribution in [-0.4, -0.2) is 22.9 Å². The molecule has 0 aromatic heterocycles. The Morgan fingerprint density at radius 1 is 1.31 bits per heavy atom. The molecule has 0 aliphatic carbocycles. The molecule has 0 heterocycles. The maximum Gasteiger partial charge on any atom is 0.0715 e. The topological polar surface area (TPSA) is 40.5 Å². The van der Waals surface area contributed by atoms with Crippen LogP contribution in [0.4, 0.5) is 0 Å². The minimum atomic E-state index is -0.301. The summed E-state index contributed by atoms with van der Waals surface area (Å²) in [6.45, 7) is 7.58. The Balaban J connectivity index is 0. The molecule has 0 aliphatic heterocycles. The van der Waals surface area contributed by atoms with Gasteiger partial charge in [-0.3, -0.25) is 0 Å². The van der Waals surface area contributed by atoms with E-state index in [1.807, 2.05) is 13.0 Å². The van der Waals surface area contributed by atoms with Crippen molar-refractivity contribution in [3.05, 3.63) is 24.8 Å². The molecule has 2 N–H and O–H groups in total. The van der Waals surface area contributed by atoms with Crippen molar-refractivity contribution in [1.29, 1.82) is 0 Å². The van der Waals surface area contributed by atoms with Gasteiger partial charge in [0, 0.05) is 0 Å². The van der Waals surface area contributed by atoms with Gasteiger partial charge < -0.3 is 10.2 Å². The first kappa shape index (κ1) is 14.9. The molecule has 2 heteroatoms. The minimum Gasteiger partial charge on any atom is -0.392 e. The Morgan fingerprint density at radius 2 is 1.92 bits per heavy atom. The Morgan fingerprint density at radius 3 is 2.15 bits per heavy atom. The fourth-order valence-corrected chi connectivity index (χ4v) is 0.526. The highest BCUT2D eigenvalue weighted by atomic mass is 16.3. The van der Waals surface area contributed by atoms with Gasteiger partial charge in [-0.2, -0.15) is 0 Å². The molecule has 1 atom stereocenters. The Labute approximate surface area is 81.6 Å². The molecule has 78 valence electrons. The van der Waals surface area contributed by atoms with E-state index in [9.17, 15) is 0 Å². The lowest BCUT2D eigenvalue weighted by Gasteiger charge is -1.93. The highest BCUT2D eigenvalue weighted by molar-refractivity contribution is 4.79. The number of aliphatic hydroxyl groups is 2. The number of allylic oxidation sites excluding steroid dienone is 1. The van der Waals surface area contributed by atoms with Gasteiger partial charge in [0.05, 0.1) is 12.7 Å². The third-order valence-electron chi connectivity index (χ3n) is 1.42. The lowest BCUT2D eigenvalue weighted by atomic mass is 10.3. The second-order valence-corrected chi connectivity index (χ2v) is 2.65. The number of hydrogen-bond donors (Lipinski definition) is 2. The number of aliphatic hydroxyl groups excluding tert-OH is 2. The second kappa shape index (κ2) is 14.0. The van der Waals surface area contributed by atoms with Crippen LogP contribution in [0.3, 0.4) is 0 Å². The molecule has 0 bridgehead atoms. The highest BCUT2D eigenvalue weighted by Crippen LogP contribution is 1.86. The van der Waals surface area contributed by atoms with Crippen molar-refractivity contribution in [3.63, 3.8) is 0 Å². The zero-order chi connectivity index (χ0) is 10.5. The Hall–Kier alpha value is -0.600. The Bertz CT molecular complexity index is 119. The van der Waals surface area contributed by atoms with Crippen molar-refractivity contribution >= 4 is 0 Å². The number of rotatable bonds is 5. The summed E-state index contributed by atoms with van der Waals surface area (Å²) in [5, 5.41) is 16.8. The minimum absolute atomic E-state index is 0.181. The summed E-state index contributed by atoms with van der Waals surface area (Å²) < 4.78 is 0. The normalized spacial score (nSPS) is 12.0. The van der Waals surface area contributed by atoms with Crippen LogP contribution >= 0.6 is 0 Å². The lowest BCUT2D eigenvalue weighted by Crippen LogP contribution is -1.95. The van der Waals surface area contributed by atoms with Gasteiger partial charge in [-0.05, 0) is 12.8 Å². The summed E-state index contributed by atoms with van der Waals surface area (Å²) in [6, 6.07) is 0. The van der Waals surface area contributed by atoms with E-state index in [-0.39, 0.29) is 12.7 Å². The average molecular weight is 186 g/mol. The van der Waals surface area contributed by atoms with Crippen molar-refractivity contribution < 1.29 is 10.2 Å². The van der Waals surface area contributed by atoms with Crippen LogP contribution in [-0.2, 0) is 0 Å². The van der Waals surface area contributed by atoms with Crippen LogP contribution in [0, 0.1) is 0 Å².